The van der Waals surface area contributed by atoms with Crippen LogP contribution in [0.3, 0.4) is 0 Å². The molecule has 0 radical (unpaired) electrons. The molecule has 23 heavy (non-hydrogen) atoms. The number of urea groups is 1. The van der Waals surface area contributed by atoms with Crippen LogP contribution in [0.25, 0.3) is 0 Å². The van der Waals surface area contributed by atoms with Gasteiger partial charge in [-0.25, -0.2) is 4.79 Å². The van der Waals surface area contributed by atoms with Crippen LogP contribution in [0.15, 0.2) is 24.3 Å². The molecule has 1 rings (SSSR count). The Morgan fingerprint density at radius 2 is 1.91 bits per heavy atom. The predicted molar refractivity (Wildman–Crippen MR) is 93.2 cm³/mol. The lowest BCUT2D eigenvalue weighted by atomic mass is 10.3. The molecular formula is C17H29N3O3. The van der Waals surface area contributed by atoms with E-state index in [1.165, 1.54) is 0 Å². The number of methoxy groups -OCH3 is 1. The lowest BCUT2D eigenvalue weighted by molar-refractivity contribution is 0.172. The number of ether oxygens (including phenoxy) is 2. The molecule has 0 saturated carbocycles. The van der Waals surface area contributed by atoms with Gasteiger partial charge in [0.05, 0.1) is 12.3 Å². The van der Waals surface area contributed by atoms with E-state index in [0.29, 0.717) is 31.2 Å². The zero-order valence-corrected chi connectivity index (χ0v) is 14.4. The molecule has 0 heterocycles. The van der Waals surface area contributed by atoms with Crippen molar-refractivity contribution in [2.24, 2.45) is 0 Å². The SMILES string of the molecule is CCN(CC)CCNC(=O)Nc1ccccc1OCCCOC. The summed E-state index contributed by atoms with van der Waals surface area (Å²) in [4.78, 5) is 14.2. The molecule has 0 saturated heterocycles. The van der Waals surface area contributed by atoms with E-state index >= 15 is 0 Å². The summed E-state index contributed by atoms with van der Waals surface area (Å²) in [6.45, 7) is 8.86. The number of likely N-dealkylation sites (N-methyl/N-ethyl adjacent to an activating group) is 1. The Labute approximate surface area is 139 Å². The first kappa shape index (κ1) is 19.3. The maximum Gasteiger partial charge on any atom is 0.319 e. The lowest BCUT2D eigenvalue weighted by Gasteiger charge is -2.18. The Kier molecular flexibility index (Phi) is 9.83. The van der Waals surface area contributed by atoms with Crippen molar-refractivity contribution < 1.29 is 14.3 Å². The number of nitrogens with zero attached hydrogens (tertiary/aromatic N) is 1. The van der Waals surface area contributed by atoms with E-state index in [0.717, 1.165) is 26.1 Å². The van der Waals surface area contributed by atoms with Gasteiger partial charge in [-0.15, -0.1) is 0 Å². The van der Waals surface area contributed by atoms with E-state index in [1.807, 2.05) is 24.3 Å². The van der Waals surface area contributed by atoms with Gasteiger partial charge in [-0.2, -0.15) is 0 Å². The largest absolute Gasteiger partial charge is 0.491 e. The van der Waals surface area contributed by atoms with Crippen molar-refractivity contribution in [2.75, 3.05) is 51.8 Å². The van der Waals surface area contributed by atoms with Crippen LogP contribution in [-0.2, 0) is 4.74 Å². The van der Waals surface area contributed by atoms with Crippen molar-refractivity contribution in [2.45, 2.75) is 20.3 Å². The van der Waals surface area contributed by atoms with Crippen molar-refractivity contribution in [3.8, 4) is 5.75 Å². The number of hydrogen-bond donors (Lipinski definition) is 2. The predicted octanol–water partition coefficient (Wildman–Crippen LogP) is 2.57. The summed E-state index contributed by atoms with van der Waals surface area (Å²) < 4.78 is 10.7. The van der Waals surface area contributed by atoms with Gasteiger partial charge >= 0.3 is 6.03 Å². The highest BCUT2D eigenvalue weighted by Gasteiger charge is 2.07. The third kappa shape index (κ3) is 7.85. The van der Waals surface area contributed by atoms with Gasteiger partial charge in [-0.1, -0.05) is 26.0 Å². The summed E-state index contributed by atoms with van der Waals surface area (Å²) in [5.74, 6) is 0.669. The van der Waals surface area contributed by atoms with Crippen LogP contribution in [0.4, 0.5) is 10.5 Å². The molecule has 2 N–H and O–H groups in total. The average molecular weight is 323 g/mol. The highest BCUT2D eigenvalue weighted by atomic mass is 16.5. The Bertz CT molecular complexity index is 450. The molecule has 0 aliphatic rings. The first-order valence-electron chi connectivity index (χ1n) is 8.19. The number of carbonyl (C=O) groups is 1. The quantitative estimate of drug-likeness (QED) is 0.614. The Balaban J connectivity index is 2.41. The van der Waals surface area contributed by atoms with Crippen molar-refractivity contribution in [3.05, 3.63) is 24.3 Å². The van der Waals surface area contributed by atoms with Gasteiger partial charge < -0.3 is 25.0 Å². The minimum Gasteiger partial charge on any atom is -0.491 e. The molecule has 0 aliphatic carbocycles. The number of para-hydroxylation sites is 2. The van der Waals surface area contributed by atoms with Crippen LogP contribution in [-0.4, -0.2) is 57.4 Å². The Morgan fingerprint density at radius 3 is 2.61 bits per heavy atom. The standard InChI is InChI=1S/C17H29N3O3/c1-4-20(5-2)12-11-18-17(21)19-15-9-6-7-10-16(15)23-14-8-13-22-3/h6-7,9-10H,4-5,8,11-14H2,1-3H3,(H2,18,19,21). The summed E-state index contributed by atoms with van der Waals surface area (Å²) in [7, 11) is 1.66. The van der Waals surface area contributed by atoms with E-state index in [2.05, 4.69) is 29.4 Å². The van der Waals surface area contributed by atoms with E-state index in [9.17, 15) is 4.79 Å². The van der Waals surface area contributed by atoms with Gasteiger partial charge in [0, 0.05) is 33.2 Å². The molecule has 0 bridgehead atoms. The maximum absolute atomic E-state index is 12.0. The molecule has 0 aromatic heterocycles. The number of benzene rings is 1. The van der Waals surface area contributed by atoms with Crippen LogP contribution in [0.2, 0.25) is 0 Å². The smallest absolute Gasteiger partial charge is 0.319 e. The normalized spacial score (nSPS) is 10.6. The van der Waals surface area contributed by atoms with Crippen LogP contribution in [0.1, 0.15) is 20.3 Å². The molecule has 2 amide bonds. The van der Waals surface area contributed by atoms with E-state index in [-0.39, 0.29) is 6.03 Å². The summed E-state index contributed by atoms with van der Waals surface area (Å²) in [6, 6.07) is 7.21. The highest BCUT2D eigenvalue weighted by Crippen LogP contribution is 2.23. The van der Waals surface area contributed by atoms with Crippen LogP contribution >= 0.6 is 0 Å². The third-order valence-electron chi connectivity index (χ3n) is 3.49. The van der Waals surface area contributed by atoms with E-state index < -0.39 is 0 Å². The van der Waals surface area contributed by atoms with Crippen molar-refractivity contribution in [3.63, 3.8) is 0 Å². The number of rotatable bonds is 11. The molecule has 0 fully saturated rings. The maximum atomic E-state index is 12.0. The van der Waals surface area contributed by atoms with Gasteiger partial charge in [0.25, 0.3) is 0 Å². The van der Waals surface area contributed by atoms with Crippen LogP contribution < -0.4 is 15.4 Å². The fourth-order valence-electron chi connectivity index (χ4n) is 2.12. The third-order valence-corrected chi connectivity index (χ3v) is 3.49. The second-order valence-corrected chi connectivity index (χ2v) is 5.10. The van der Waals surface area contributed by atoms with Crippen molar-refractivity contribution >= 4 is 11.7 Å². The molecule has 0 aliphatic heterocycles. The van der Waals surface area contributed by atoms with Crippen molar-refractivity contribution in [1.29, 1.82) is 0 Å². The van der Waals surface area contributed by atoms with Gasteiger partial charge in [-0.05, 0) is 25.2 Å². The molecule has 0 atom stereocenters. The minimum absolute atomic E-state index is 0.218. The first-order chi connectivity index (χ1) is 11.2. The summed E-state index contributed by atoms with van der Waals surface area (Å²) in [6.07, 6.45) is 0.806. The zero-order chi connectivity index (χ0) is 16.9. The van der Waals surface area contributed by atoms with E-state index in [4.69, 9.17) is 9.47 Å². The molecule has 1 aromatic rings. The highest BCUT2D eigenvalue weighted by molar-refractivity contribution is 5.90. The number of hydrogen-bond acceptors (Lipinski definition) is 4. The van der Waals surface area contributed by atoms with Gasteiger partial charge in [0.2, 0.25) is 0 Å². The van der Waals surface area contributed by atoms with Crippen LogP contribution in [0.5, 0.6) is 5.75 Å². The topological polar surface area (TPSA) is 62.8 Å². The zero-order valence-electron chi connectivity index (χ0n) is 14.4. The lowest BCUT2D eigenvalue weighted by Crippen LogP contribution is -2.36. The molecular weight excluding hydrogens is 294 g/mol. The molecule has 1 aromatic carbocycles. The summed E-state index contributed by atoms with van der Waals surface area (Å²) >= 11 is 0. The molecule has 0 unspecified atom stereocenters. The Hall–Kier alpha value is -1.79. The van der Waals surface area contributed by atoms with Gasteiger partial charge in [0.1, 0.15) is 5.75 Å². The molecule has 0 spiro atoms. The number of anilines is 1. The number of amides is 2. The molecule has 130 valence electrons. The summed E-state index contributed by atoms with van der Waals surface area (Å²) in [5.41, 5.74) is 0.672. The average Bonchev–Trinajstić information content (AvgIpc) is 2.57. The monoisotopic (exact) mass is 323 g/mol. The molecule has 6 nitrogen and oxygen atoms in total. The first-order valence-corrected chi connectivity index (χ1v) is 8.19. The Morgan fingerprint density at radius 1 is 1.17 bits per heavy atom. The van der Waals surface area contributed by atoms with Crippen LogP contribution in [0, 0.1) is 0 Å². The number of nitrogens with one attached hydrogen (secondary N) is 2. The fourth-order valence-corrected chi connectivity index (χ4v) is 2.12. The van der Waals surface area contributed by atoms with Gasteiger partial charge in [-0.3, -0.25) is 0 Å². The number of carbonyl (C=O) groups excluding carboxylic acids is 1. The van der Waals surface area contributed by atoms with E-state index in [1.54, 1.807) is 7.11 Å². The van der Waals surface area contributed by atoms with Crippen molar-refractivity contribution in [1.82, 2.24) is 10.2 Å². The minimum atomic E-state index is -0.218. The second kappa shape index (κ2) is 11.7. The van der Waals surface area contributed by atoms with Gasteiger partial charge in [0.15, 0.2) is 0 Å². The second-order valence-electron chi connectivity index (χ2n) is 5.10. The molecule has 6 heteroatoms. The summed E-state index contributed by atoms with van der Waals surface area (Å²) in [5, 5.41) is 5.70. The fraction of sp³-hybridized carbons (Fsp3) is 0.588.